The van der Waals surface area contributed by atoms with Crippen molar-refractivity contribution in [1.29, 1.82) is 0 Å². The van der Waals surface area contributed by atoms with Crippen LogP contribution in [0.25, 0.3) is 0 Å². The zero-order valence-electron chi connectivity index (χ0n) is 11.5. The zero-order valence-corrected chi connectivity index (χ0v) is 13.1. The van der Waals surface area contributed by atoms with Gasteiger partial charge < -0.3 is 9.88 Å². The molecule has 19 heavy (non-hydrogen) atoms. The van der Waals surface area contributed by atoms with Crippen LogP contribution >= 0.6 is 15.9 Å². The van der Waals surface area contributed by atoms with Gasteiger partial charge in [0, 0.05) is 17.6 Å². The Balaban J connectivity index is 2.11. The predicted octanol–water partition coefficient (Wildman–Crippen LogP) is 3.38. The van der Waals surface area contributed by atoms with Crippen LogP contribution in [0.4, 0.5) is 0 Å². The molecule has 0 fully saturated rings. The Labute approximate surface area is 122 Å². The molecule has 0 saturated heterocycles. The van der Waals surface area contributed by atoms with Gasteiger partial charge in [0.1, 0.15) is 12.2 Å². The number of halogens is 1. The Morgan fingerprint density at radius 1 is 1.32 bits per heavy atom. The number of hydrogen-bond acceptors (Lipinski definition) is 3. The molecular weight excluding hydrogens is 304 g/mol. The van der Waals surface area contributed by atoms with Crippen LogP contribution in [0.2, 0.25) is 0 Å². The fraction of sp³-hybridized carbons (Fsp3) is 0.429. The number of nitrogens with zero attached hydrogens (tertiary/aromatic N) is 3. The molecule has 1 N–H and O–H groups in total. The molecule has 0 spiro atoms. The third kappa shape index (κ3) is 3.42. The number of aromatic nitrogens is 3. The van der Waals surface area contributed by atoms with Gasteiger partial charge in [0.2, 0.25) is 0 Å². The second-order valence-electron chi connectivity index (χ2n) is 4.70. The smallest absolute Gasteiger partial charge is 0.149 e. The molecule has 4 nitrogen and oxygen atoms in total. The van der Waals surface area contributed by atoms with Crippen molar-refractivity contribution in [1.82, 2.24) is 20.1 Å². The Bertz CT molecular complexity index is 520. The average Bonchev–Trinajstić information content (AvgIpc) is 2.83. The highest BCUT2D eigenvalue weighted by Crippen LogP contribution is 2.22. The van der Waals surface area contributed by atoms with Crippen molar-refractivity contribution < 1.29 is 0 Å². The molecule has 0 aliphatic rings. The molecule has 0 radical (unpaired) electrons. The van der Waals surface area contributed by atoms with Crippen molar-refractivity contribution in [3.63, 3.8) is 0 Å². The van der Waals surface area contributed by atoms with E-state index in [4.69, 9.17) is 0 Å². The minimum atomic E-state index is 0.168. The van der Waals surface area contributed by atoms with Gasteiger partial charge in [-0.25, -0.2) is 0 Å². The Kier molecular flexibility index (Phi) is 4.71. The maximum Gasteiger partial charge on any atom is 0.149 e. The standard InChI is InChI=1S/C14H19BrN4/c1-4-13(11-5-7-12(15)8-6-11)17-10(2)14-18-16-9-19(14)3/h5-10,13,17H,4H2,1-3H3. The van der Waals surface area contributed by atoms with E-state index in [0.717, 1.165) is 16.7 Å². The van der Waals surface area contributed by atoms with Gasteiger partial charge in [-0.3, -0.25) is 0 Å². The summed E-state index contributed by atoms with van der Waals surface area (Å²) in [6.07, 6.45) is 2.76. The summed E-state index contributed by atoms with van der Waals surface area (Å²) in [7, 11) is 1.97. The van der Waals surface area contributed by atoms with Crippen molar-refractivity contribution >= 4 is 15.9 Å². The first-order chi connectivity index (χ1) is 9.11. The highest BCUT2D eigenvalue weighted by molar-refractivity contribution is 9.10. The summed E-state index contributed by atoms with van der Waals surface area (Å²) in [4.78, 5) is 0. The van der Waals surface area contributed by atoms with Crippen LogP contribution in [0.15, 0.2) is 35.1 Å². The Morgan fingerprint density at radius 3 is 2.53 bits per heavy atom. The van der Waals surface area contributed by atoms with Gasteiger partial charge in [-0.15, -0.1) is 10.2 Å². The minimum Gasteiger partial charge on any atom is -0.319 e. The lowest BCUT2D eigenvalue weighted by molar-refractivity contribution is 0.434. The maximum atomic E-state index is 4.15. The topological polar surface area (TPSA) is 42.7 Å². The molecule has 2 rings (SSSR count). The number of nitrogens with one attached hydrogen (secondary N) is 1. The number of rotatable bonds is 5. The summed E-state index contributed by atoms with van der Waals surface area (Å²) in [5, 5.41) is 11.7. The molecule has 0 saturated carbocycles. The van der Waals surface area contributed by atoms with Gasteiger partial charge in [0.15, 0.2) is 0 Å². The zero-order chi connectivity index (χ0) is 13.8. The first kappa shape index (κ1) is 14.2. The molecular formula is C14H19BrN4. The normalized spacial score (nSPS) is 14.3. The molecule has 0 bridgehead atoms. The quantitative estimate of drug-likeness (QED) is 0.917. The lowest BCUT2D eigenvalue weighted by Gasteiger charge is -2.22. The van der Waals surface area contributed by atoms with Crippen molar-refractivity contribution in [2.75, 3.05) is 0 Å². The van der Waals surface area contributed by atoms with Gasteiger partial charge >= 0.3 is 0 Å². The number of aryl methyl sites for hydroxylation is 1. The molecule has 2 unspecified atom stereocenters. The van der Waals surface area contributed by atoms with E-state index in [2.05, 4.69) is 69.6 Å². The van der Waals surface area contributed by atoms with Crippen LogP contribution in [0.1, 0.15) is 43.7 Å². The fourth-order valence-electron chi connectivity index (χ4n) is 2.21. The minimum absolute atomic E-state index is 0.168. The molecule has 102 valence electrons. The SMILES string of the molecule is CCC(NC(C)c1nncn1C)c1ccc(Br)cc1. The van der Waals surface area contributed by atoms with E-state index >= 15 is 0 Å². The summed E-state index contributed by atoms with van der Waals surface area (Å²) in [6.45, 7) is 4.30. The fourth-order valence-corrected chi connectivity index (χ4v) is 2.47. The molecule has 0 aliphatic carbocycles. The van der Waals surface area contributed by atoms with Crippen molar-refractivity contribution in [3.8, 4) is 0 Å². The lowest BCUT2D eigenvalue weighted by Crippen LogP contribution is -2.26. The summed E-state index contributed by atoms with van der Waals surface area (Å²) in [5.74, 6) is 0.954. The van der Waals surface area contributed by atoms with E-state index in [-0.39, 0.29) is 6.04 Å². The van der Waals surface area contributed by atoms with Crippen LogP contribution in [0.5, 0.6) is 0 Å². The molecule has 2 atom stereocenters. The van der Waals surface area contributed by atoms with E-state index in [1.807, 2.05) is 11.6 Å². The highest BCUT2D eigenvalue weighted by atomic mass is 79.9. The van der Waals surface area contributed by atoms with Gasteiger partial charge in [0.25, 0.3) is 0 Å². The van der Waals surface area contributed by atoms with Crippen LogP contribution in [-0.2, 0) is 7.05 Å². The third-order valence-corrected chi connectivity index (χ3v) is 3.79. The summed E-state index contributed by atoms with van der Waals surface area (Å²) in [6, 6.07) is 8.93. The second-order valence-corrected chi connectivity index (χ2v) is 5.62. The third-order valence-electron chi connectivity index (χ3n) is 3.27. The highest BCUT2D eigenvalue weighted by Gasteiger charge is 2.16. The number of benzene rings is 1. The van der Waals surface area contributed by atoms with Crippen molar-refractivity contribution in [2.24, 2.45) is 7.05 Å². The van der Waals surface area contributed by atoms with Gasteiger partial charge in [-0.1, -0.05) is 35.0 Å². The van der Waals surface area contributed by atoms with Crippen LogP contribution < -0.4 is 5.32 Å². The van der Waals surface area contributed by atoms with E-state index in [1.54, 1.807) is 6.33 Å². The molecule has 2 aromatic rings. The van der Waals surface area contributed by atoms with E-state index in [0.29, 0.717) is 6.04 Å². The monoisotopic (exact) mass is 322 g/mol. The first-order valence-corrected chi connectivity index (χ1v) is 7.26. The lowest BCUT2D eigenvalue weighted by atomic mass is 10.0. The molecule has 1 aromatic carbocycles. The van der Waals surface area contributed by atoms with E-state index in [9.17, 15) is 0 Å². The molecule has 5 heteroatoms. The molecule has 1 aromatic heterocycles. The van der Waals surface area contributed by atoms with Crippen LogP contribution in [0.3, 0.4) is 0 Å². The van der Waals surface area contributed by atoms with Crippen LogP contribution in [0, 0.1) is 0 Å². The molecule has 0 amide bonds. The average molecular weight is 323 g/mol. The Morgan fingerprint density at radius 2 is 2.00 bits per heavy atom. The summed E-state index contributed by atoms with van der Waals surface area (Å²) in [5.41, 5.74) is 1.29. The Hall–Kier alpha value is -1.20. The van der Waals surface area contributed by atoms with Crippen molar-refractivity contribution in [3.05, 3.63) is 46.5 Å². The van der Waals surface area contributed by atoms with Crippen molar-refractivity contribution in [2.45, 2.75) is 32.4 Å². The van der Waals surface area contributed by atoms with Crippen LogP contribution in [-0.4, -0.2) is 14.8 Å². The van der Waals surface area contributed by atoms with E-state index < -0.39 is 0 Å². The largest absolute Gasteiger partial charge is 0.319 e. The predicted molar refractivity (Wildman–Crippen MR) is 79.7 cm³/mol. The molecule has 1 heterocycles. The van der Waals surface area contributed by atoms with Gasteiger partial charge in [-0.2, -0.15) is 0 Å². The van der Waals surface area contributed by atoms with Gasteiger partial charge in [-0.05, 0) is 31.0 Å². The molecule has 0 aliphatic heterocycles. The number of hydrogen-bond donors (Lipinski definition) is 1. The van der Waals surface area contributed by atoms with E-state index in [1.165, 1.54) is 5.56 Å². The second kappa shape index (κ2) is 6.30. The first-order valence-electron chi connectivity index (χ1n) is 6.47. The summed E-state index contributed by atoms with van der Waals surface area (Å²) >= 11 is 3.47. The van der Waals surface area contributed by atoms with Gasteiger partial charge in [0.05, 0.1) is 6.04 Å². The summed E-state index contributed by atoms with van der Waals surface area (Å²) < 4.78 is 3.05. The maximum absolute atomic E-state index is 4.15.